The van der Waals surface area contributed by atoms with Crippen LogP contribution in [0, 0.1) is 6.92 Å². The van der Waals surface area contributed by atoms with Crippen LogP contribution in [0.5, 0.6) is 0 Å². The van der Waals surface area contributed by atoms with Gasteiger partial charge in [-0.3, -0.25) is 0 Å². The normalized spacial score (nSPS) is 12.7. The van der Waals surface area contributed by atoms with Crippen LogP contribution >= 0.6 is 0 Å². The lowest BCUT2D eigenvalue weighted by molar-refractivity contribution is 0.420. The molecule has 2 heterocycles. The van der Waals surface area contributed by atoms with Crippen LogP contribution in [0.3, 0.4) is 0 Å². The van der Waals surface area contributed by atoms with Gasteiger partial charge in [-0.15, -0.1) is 0 Å². The van der Waals surface area contributed by atoms with Crippen LogP contribution in [0.4, 0.5) is 17.1 Å². The zero-order valence-corrected chi connectivity index (χ0v) is 36.9. The summed E-state index contributed by atoms with van der Waals surface area (Å²) in [6, 6.07) is 76.2. The average Bonchev–Trinajstić information content (AvgIpc) is 3.86. The van der Waals surface area contributed by atoms with Crippen molar-refractivity contribution in [1.82, 2.24) is 4.40 Å². The molecule has 1 saturated carbocycles. The Labute approximate surface area is 377 Å². The van der Waals surface area contributed by atoms with Gasteiger partial charge in [-0.1, -0.05) is 184 Å². The Kier molecular flexibility index (Phi) is 10.3. The number of anilines is 3. The Morgan fingerprint density at radius 3 is 1.62 bits per heavy atom. The minimum absolute atomic E-state index is 0.675. The molecular formula is C62H52N2. The van der Waals surface area contributed by atoms with Gasteiger partial charge in [0, 0.05) is 38.6 Å². The van der Waals surface area contributed by atoms with Crippen molar-refractivity contribution in [3.8, 4) is 44.5 Å². The molecule has 64 heavy (non-hydrogen) atoms. The summed E-state index contributed by atoms with van der Waals surface area (Å²) in [5.74, 6) is 0.675. The van der Waals surface area contributed by atoms with Crippen molar-refractivity contribution in [2.75, 3.05) is 4.90 Å². The highest BCUT2D eigenvalue weighted by Crippen LogP contribution is 2.45. The molecule has 0 radical (unpaired) electrons. The number of nitrogens with zero attached hydrogens (tertiary/aromatic N) is 2. The Morgan fingerprint density at radius 2 is 0.953 bits per heavy atom. The molecule has 1 aliphatic rings. The lowest BCUT2D eigenvalue weighted by atomic mass is 9.77. The fraction of sp³-hybridized carbons (Fsp3) is 0.129. The molecule has 2 nitrogen and oxygen atoms in total. The SMILES string of the molecule is CCC.Cc1cc(N(c2ccc(-c3ccccc3)cc2)c2ccc(-c3ccc(-c4cccc5c4c4cccc6c7ccccc7n5c64)cc3)cc2)ccc1-c1ccccc1C1CCC1. The van der Waals surface area contributed by atoms with Crippen molar-refractivity contribution < 1.29 is 0 Å². The number of fused-ring (bicyclic) bond motifs is 6. The second kappa shape index (κ2) is 16.7. The van der Waals surface area contributed by atoms with E-state index in [0.717, 1.165) is 17.1 Å². The molecule has 0 N–H and O–H groups in total. The molecule has 2 aromatic heterocycles. The summed E-state index contributed by atoms with van der Waals surface area (Å²) >= 11 is 0. The van der Waals surface area contributed by atoms with Gasteiger partial charge in [0.1, 0.15) is 0 Å². The summed E-state index contributed by atoms with van der Waals surface area (Å²) in [6.07, 6.45) is 5.17. The van der Waals surface area contributed by atoms with E-state index in [1.807, 2.05) is 0 Å². The molecule has 12 rings (SSSR count). The third-order valence-corrected chi connectivity index (χ3v) is 13.4. The smallest absolute Gasteiger partial charge is 0.0620 e. The molecule has 11 aromatic rings. The van der Waals surface area contributed by atoms with Crippen molar-refractivity contribution >= 4 is 55.2 Å². The van der Waals surface area contributed by atoms with Crippen LogP contribution in [-0.2, 0) is 0 Å². The maximum atomic E-state index is 2.46. The fourth-order valence-corrected chi connectivity index (χ4v) is 10.2. The molecule has 0 saturated heterocycles. The van der Waals surface area contributed by atoms with Crippen molar-refractivity contribution in [1.29, 1.82) is 0 Å². The Bertz CT molecular complexity index is 3390. The van der Waals surface area contributed by atoms with Gasteiger partial charge in [-0.2, -0.15) is 0 Å². The maximum absolute atomic E-state index is 2.46. The summed E-state index contributed by atoms with van der Waals surface area (Å²) in [7, 11) is 0. The summed E-state index contributed by atoms with van der Waals surface area (Å²) in [6.45, 7) is 6.52. The predicted octanol–water partition coefficient (Wildman–Crippen LogP) is 18.0. The van der Waals surface area contributed by atoms with E-state index in [0.29, 0.717) is 5.92 Å². The van der Waals surface area contributed by atoms with Gasteiger partial charge in [0.2, 0.25) is 0 Å². The molecular weight excluding hydrogens is 773 g/mol. The lowest BCUT2D eigenvalue weighted by Gasteiger charge is -2.29. The van der Waals surface area contributed by atoms with E-state index in [1.54, 1.807) is 0 Å². The van der Waals surface area contributed by atoms with Crippen LogP contribution in [0.15, 0.2) is 206 Å². The monoisotopic (exact) mass is 824 g/mol. The van der Waals surface area contributed by atoms with Crippen LogP contribution < -0.4 is 4.90 Å². The molecule has 9 aromatic carbocycles. The lowest BCUT2D eigenvalue weighted by Crippen LogP contribution is -2.11. The van der Waals surface area contributed by atoms with E-state index in [2.05, 4.69) is 236 Å². The second-order valence-electron chi connectivity index (χ2n) is 17.5. The van der Waals surface area contributed by atoms with Gasteiger partial charge in [-0.25, -0.2) is 0 Å². The predicted molar refractivity (Wildman–Crippen MR) is 275 cm³/mol. The topological polar surface area (TPSA) is 7.65 Å². The molecule has 1 aliphatic carbocycles. The van der Waals surface area contributed by atoms with Crippen LogP contribution in [-0.4, -0.2) is 4.40 Å². The number of hydrogen-bond donors (Lipinski definition) is 0. The highest BCUT2D eigenvalue weighted by Gasteiger charge is 2.24. The second-order valence-corrected chi connectivity index (χ2v) is 17.5. The number of benzene rings is 9. The maximum Gasteiger partial charge on any atom is 0.0620 e. The third-order valence-electron chi connectivity index (χ3n) is 13.4. The first-order valence-electron chi connectivity index (χ1n) is 23.1. The van der Waals surface area contributed by atoms with Crippen molar-refractivity contribution in [2.24, 2.45) is 0 Å². The number of rotatable bonds is 8. The Hall–Kier alpha value is -7.42. The van der Waals surface area contributed by atoms with Gasteiger partial charge >= 0.3 is 0 Å². The minimum atomic E-state index is 0.675. The first-order chi connectivity index (χ1) is 31.6. The van der Waals surface area contributed by atoms with Crippen LogP contribution in [0.2, 0.25) is 0 Å². The summed E-state index contributed by atoms with van der Waals surface area (Å²) in [4.78, 5) is 2.39. The first-order valence-corrected chi connectivity index (χ1v) is 23.1. The van der Waals surface area contributed by atoms with E-state index < -0.39 is 0 Å². The average molecular weight is 825 g/mol. The van der Waals surface area contributed by atoms with Crippen LogP contribution in [0.25, 0.3) is 82.6 Å². The zero-order chi connectivity index (χ0) is 43.1. The Balaban J connectivity index is 0.00000148. The number of para-hydroxylation sites is 2. The molecule has 0 aliphatic heterocycles. The van der Waals surface area contributed by atoms with Gasteiger partial charge in [-0.05, 0) is 130 Å². The van der Waals surface area contributed by atoms with E-state index >= 15 is 0 Å². The zero-order valence-electron chi connectivity index (χ0n) is 36.9. The quantitative estimate of drug-likeness (QED) is 0.148. The van der Waals surface area contributed by atoms with E-state index in [1.165, 1.54) is 119 Å². The van der Waals surface area contributed by atoms with Gasteiger partial charge in [0.25, 0.3) is 0 Å². The van der Waals surface area contributed by atoms with Crippen molar-refractivity contribution in [3.63, 3.8) is 0 Å². The summed E-state index contributed by atoms with van der Waals surface area (Å²) in [5.41, 5.74) is 20.0. The van der Waals surface area contributed by atoms with E-state index in [9.17, 15) is 0 Å². The first kappa shape index (κ1) is 39.4. The summed E-state index contributed by atoms with van der Waals surface area (Å²) < 4.78 is 2.46. The highest BCUT2D eigenvalue weighted by atomic mass is 15.1. The molecule has 0 atom stereocenters. The van der Waals surface area contributed by atoms with Crippen LogP contribution in [0.1, 0.15) is 56.6 Å². The van der Waals surface area contributed by atoms with Gasteiger partial charge in [0.15, 0.2) is 0 Å². The largest absolute Gasteiger partial charge is 0.310 e. The molecule has 0 amide bonds. The number of aromatic nitrogens is 1. The van der Waals surface area contributed by atoms with Crippen molar-refractivity contribution in [3.05, 3.63) is 217 Å². The standard InChI is InChI=1S/C59H44N2.C3H8/c1-39-38-48(36-37-49(39)52-17-6-5-16-50(52)44-14-9-15-44)60(46-32-28-42(29-33-46)40-12-3-2-4-13-40)47-34-30-43(31-35-47)41-24-26-45(27-25-41)51-19-11-23-57-58(51)55-21-10-20-54-53-18-7-8-22-56(53)61(57)59(54)55;1-3-2/h2-8,10-13,16-38,44H,9,14-15H2,1H3;3H2,1-2H3. The number of aryl methyl sites for hydroxylation is 1. The molecule has 2 heteroatoms. The molecule has 310 valence electrons. The molecule has 1 fully saturated rings. The third kappa shape index (κ3) is 6.82. The fourth-order valence-electron chi connectivity index (χ4n) is 10.2. The molecule has 0 spiro atoms. The van der Waals surface area contributed by atoms with Crippen molar-refractivity contribution in [2.45, 2.75) is 52.4 Å². The van der Waals surface area contributed by atoms with Gasteiger partial charge < -0.3 is 9.30 Å². The summed E-state index contributed by atoms with van der Waals surface area (Å²) in [5, 5.41) is 5.24. The number of hydrogen-bond acceptors (Lipinski definition) is 1. The Morgan fingerprint density at radius 1 is 0.438 bits per heavy atom. The molecule has 0 unspecified atom stereocenters. The molecule has 0 bridgehead atoms. The highest BCUT2D eigenvalue weighted by molar-refractivity contribution is 6.25. The minimum Gasteiger partial charge on any atom is -0.310 e. The van der Waals surface area contributed by atoms with E-state index in [4.69, 9.17) is 0 Å². The van der Waals surface area contributed by atoms with Gasteiger partial charge in [0.05, 0.1) is 16.6 Å². The van der Waals surface area contributed by atoms with E-state index in [-0.39, 0.29) is 0 Å².